The third-order valence-electron chi connectivity index (χ3n) is 4.07. The first kappa shape index (κ1) is 14.8. The Kier molecular flexibility index (Phi) is 4.00. The van der Waals surface area contributed by atoms with Crippen LogP contribution in [0, 0.1) is 6.92 Å². The molecule has 0 saturated heterocycles. The van der Waals surface area contributed by atoms with Gasteiger partial charge in [0.15, 0.2) is 0 Å². The van der Waals surface area contributed by atoms with Gasteiger partial charge < -0.3 is 19.6 Å². The Bertz CT molecular complexity index is 692. The summed E-state index contributed by atoms with van der Waals surface area (Å²) in [7, 11) is 1.35. The van der Waals surface area contributed by atoms with Gasteiger partial charge in [-0.2, -0.15) is 0 Å². The minimum atomic E-state index is -0.450. The highest BCUT2D eigenvalue weighted by molar-refractivity contribution is 5.90. The Hall–Kier alpha value is -2.11. The summed E-state index contributed by atoms with van der Waals surface area (Å²) in [6, 6.07) is 9.57. The third-order valence-corrected chi connectivity index (χ3v) is 4.07. The highest BCUT2D eigenvalue weighted by atomic mass is 16.5. The number of esters is 1. The van der Waals surface area contributed by atoms with Crippen LogP contribution < -0.4 is 5.32 Å². The van der Waals surface area contributed by atoms with Crippen molar-refractivity contribution in [2.75, 3.05) is 7.11 Å². The Morgan fingerprint density at radius 2 is 2.23 bits per heavy atom. The van der Waals surface area contributed by atoms with E-state index in [1.807, 2.05) is 24.3 Å². The lowest BCUT2D eigenvalue weighted by Gasteiger charge is -2.17. The second-order valence-corrected chi connectivity index (χ2v) is 5.50. The fourth-order valence-electron chi connectivity index (χ4n) is 2.97. The van der Waals surface area contributed by atoms with Gasteiger partial charge >= 0.3 is 5.97 Å². The number of furan rings is 1. The van der Waals surface area contributed by atoms with Crippen LogP contribution in [0.25, 0.3) is 0 Å². The van der Waals surface area contributed by atoms with Crippen LogP contribution in [-0.4, -0.2) is 24.3 Å². The maximum absolute atomic E-state index is 11.6. The summed E-state index contributed by atoms with van der Waals surface area (Å²) < 4.78 is 10.3. The van der Waals surface area contributed by atoms with Crippen molar-refractivity contribution < 1.29 is 19.1 Å². The van der Waals surface area contributed by atoms with Crippen molar-refractivity contribution in [3.8, 4) is 0 Å². The van der Waals surface area contributed by atoms with E-state index in [1.165, 1.54) is 12.7 Å². The second kappa shape index (κ2) is 5.94. The Balaban J connectivity index is 1.72. The van der Waals surface area contributed by atoms with E-state index in [9.17, 15) is 9.90 Å². The highest BCUT2D eigenvalue weighted by Gasteiger charge is 2.30. The van der Waals surface area contributed by atoms with Crippen molar-refractivity contribution in [3.63, 3.8) is 0 Å². The van der Waals surface area contributed by atoms with Gasteiger partial charge in [0, 0.05) is 6.42 Å². The number of fused-ring (bicyclic) bond motifs is 1. The molecule has 1 heterocycles. The highest BCUT2D eigenvalue weighted by Crippen LogP contribution is 2.31. The van der Waals surface area contributed by atoms with Gasteiger partial charge in [0.2, 0.25) is 0 Å². The van der Waals surface area contributed by atoms with E-state index < -0.39 is 12.1 Å². The number of rotatable bonds is 4. The number of hydrogen-bond donors (Lipinski definition) is 2. The number of carbonyl (C=O) groups is 1. The Morgan fingerprint density at radius 3 is 3.00 bits per heavy atom. The molecule has 1 aliphatic rings. The molecule has 2 atom stereocenters. The van der Waals surface area contributed by atoms with Crippen molar-refractivity contribution in [2.45, 2.75) is 32.0 Å². The van der Waals surface area contributed by atoms with Gasteiger partial charge in [0.25, 0.3) is 0 Å². The van der Waals surface area contributed by atoms with Crippen molar-refractivity contribution in [1.29, 1.82) is 0 Å². The number of hydrogen-bond acceptors (Lipinski definition) is 5. The number of benzene rings is 1. The van der Waals surface area contributed by atoms with Gasteiger partial charge in [-0.15, -0.1) is 0 Å². The summed E-state index contributed by atoms with van der Waals surface area (Å²) in [5.41, 5.74) is 2.72. The zero-order valence-corrected chi connectivity index (χ0v) is 12.6. The topological polar surface area (TPSA) is 71.7 Å². The van der Waals surface area contributed by atoms with Crippen LogP contribution in [0.1, 0.15) is 39.0 Å². The summed E-state index contributed by atoms with van der Waals surface area (Å²) >= 11 is 0. The monoisotopic (exact) mass is 301 g/mol. The first-order valence-electron chi connectivity index (χ1n) is 7.27. The van der Waals surface area contributed by atoms with Crippen LogP contribution in [0.3, 0.4) is 0 Å². The molecule has 22 heavy (non-hydrogen) atoms. The lowest BCUT2D eigenvalue weighted by molar-refractivity contribution is 0.0599. The van der Waals surface area contributed by atoms with Gasteiger partial charge in [-0.05, 0) is 24.1 Å². The van der Waals surface area contributed by atoms with Gasteiger partial charge in [-0.3, -0.25) is 0 Å². The molecule has 2 N–H and O–H groups in total. The summed E-state index contributed by atoms with van der Waals surface area (Å²) in [4.78, 5) is 11.6. The molecule has 0 fully saturated rings. The van der Waals surface area contributed by atoms with E-state index >= 15 is 0 Å². The lowest BCUT2D eigenvalue weighted by atomic mass is 10.1. The smallest absolute Gasteiger partial charge is 0.341 e. The molecule has 1 aromatic carbocycles. The fourth-order valence-corrected chi connectivity index (χ4v) is 2.97. The number of aryl methyl sites for hydroxylation is 1. The molecule has 5 nitrogen and oxygen atoms in total. The molecule has 0 amide bonds. The summed E-state index contributed by atoms with van der Waals surface area (Å²) in [5.74, 6) is 0.782. The van der Waals surface area contributed by atoms with Gasteiger partial charge in [0.1, 0.15) is 17.1 Å². The maximum Gasteiger partial charge on any atom is 0.341 e. The van der Waals surface area contributed by atoms with E-state index in [4.69, 9.17) is 9.15 Å². The normalized spacial score (nSPS) is 20.0. The van der Waals surface area contributed by atoms with Crippen LogP contribution in [-0.2, 0) is 17.7 Å². The molecule has 1 aliphatic carbocycles. The molecule has 116 valence electrons. The first-order chi connectivity index (χ1) is 10.6. The maximum atomic E-state index is 11.6. The average Bonchev–Trinajstić information content (AvgIpc) is 3.04. The quantitative estimate of drug-likeness (QED) is 0.846. The van der Waals surface area contributed by atoms with E-state index in [2.05, 4.69) is 5.32 Å². The minimum Gasteiger partial charge on any atom is -0.465 e. The first-order valence-corrected chi connectivity index (χ1v) is 7.27. The summed E-state index contributed by atoms with van der Waals surface area (Å²) in [6.45, 7) is 2.17. The molecular weight excluding hydrogens is 282 g/mol. The van der Waals surface area contributed by atoms with E-state index in [0.29, 0.717) is 30.0 Å². The summed E-state index contributed by atoms with van der Waals surface area (Å²) in [5, 5.41) is 13.5. The third kappa shape index (κ3) is 2.65. The van der Waals surface area contributed by atoms with Gasteiger partial charge in [0.05, 0.1) is 25.8 Å². The zero-order chi connectivity index (χ0) is 15.7. The molecule has 1 aromatic heterocycles. The molecule has 0 radical (unpaired) electrons. The van der Waals surface area contributed by atoms with E-state index in [0.717, 1.165) is 5.56 Å². The SMILES string of the molecule is COC(=O)c1cc(CN[C@@H]2c3ccccc3C[C@@H]2O)oc1C. The van der Waals surface area contributed by atoms with Crippen molar-refractivity contribution in [2.24, 2.45) is 0 Å². The Labute approximate surface area is 128 Å². The zero-order valence-electron chi connectivity index (χ0n) is 12.6. The molecular formula is C17H19NO4. The van der Waals surface area contributed by atoms with Gasteiger partial charge in [-0.1, -0.05) is 24.3 Å². The van der Waals surface area contributed by atoms with Gasteiger partial charge in [-0.25, -0.2) is 4.79 Å². The van der Waals surface area contributed by atoms with Crippen LogP contribution in [0.15, 0.2) is 34.7 Å². The predicted molar refractivity (Wildman–Crippen MR) is 80.5 cm³/mol. The molecule has 2 aromatic rings. The molecule has 0 aliphatic heterocycles. The molecule has 0 spiro atoms. The van der Waals surface area contributed by atoms with E-state index in [1.54, 1.807) is 13.0 Å². The molecule has 0 bridgehead atoms. The predicted octanol–water partition coefficient (Wildman–Crippen LogP) is 2.12. The van der Waals surface area contributed by atoms with Crippen LogP contribution in [0.4, 0.5) is 0 Å². The minimum absolute atomic E-state index is 0.122. The van der Waals surface area contributed by atoms with Crippen molar-refractivity contribution in [1.82, 2.24) is 5.32 Å². The number of aliphatic hydroxyl groups is 1. The lowest BCUT2D eigenvalue weighted by Crippen LogP contribution is -2.28. The molecule has 5 heteroatoms. The van der Waals surface area contributed by atoms with Crippen molar-refractivity contribution in [3.05, 3.63) is 58.5 Å². The summed E-state index contributed by atoms with van der Waals surface area (Å²) in [6.07, 6.45) is 0.201. The van der Waals surface area contributed by atoms with E-state index in [-0.39, 0.29) is 6.04 Å². The number of ether oxygens (including phenoxy) is 1. The molecule has 0 saturated carbocycles. The number of carbonyl (C=O) groups excluding carboxylic acids is 1. The standard InChI is InChI=1S/C17H19NO4/c1-10-14(17(20)21-2)8-12(22-10)9-18-16-13-6-4-3-5-11(13)7-15(16)19/h3-6,8,15-16,18-19H,7,9H2,1-2H3/t15-,16+/m0/s1. The van der Waals surface area contributed by atoms with Crippen molar-refractivity contribution >= 4 is 5.97 Å². The molecule has 3 rings (SSSR count). The fraction of sp³-hybridized carbons (Fsp3) is 0.353. The number of aliphatic hydroxyl groups excluding tert-OH is 1. The van der Waals surface area contributed by atoms with Crippen LogP contribution in [0.2, 0.25) is 0 Å². The van der Waals surface area contributed by atoms with Crippen LogP contribution in [0.5, 0.6) is 0 Å². The second-order valence-electron chi connectivity index (χ2n) is 5.50. The average molecular weight is 301 g/mol. The number of methoxy groups -OCH3 is 1. The van der Waals surface area contributed by atoms with Crippen LogP contribution >= 0.6 is 0 Å². The molecule has 0 unspecified atom stereocenters. The largest absolute Gasteiger partial charge is 0.465 e. The number of nitrogens with one attached hydrogen (secondary N) is 1. The Morgan fingerprint density at radius 1 is 1.45 bits per heavy atom.